The van der Waals surface area contributed by atoms with Crippen molar-refractivity contribution in [3.05, 3.63) is 51.7 Å². The molecule has 0 bridgehead atoms. The number of benzene rings is 1. The van der Waals surface area contributed by atoms with E-state index in [1.165, 1.54) is 35.6 Å². The van der Waals surface area contributed by atoms with Crippen LogP contribution in [0.15, 0.2) is 30.5 Å². The maximum atomic E-state index is 12.8. The van der Waals surface area contributed by atoms with Crippen molar-refractivity contribution < 1.29 is 14.3 Å². The second-order valence-corrected chi connectivity index (χ2v) is 6.22. The second-order valence-electron chi connectivity index (χ2n) is 4.95. The fourth-order valence-corrected chi connectivity index (χ4v) is 2.65. The van der Waals surface area contributed by atoms with Gasteiger partial charge in [0, 0.05) is 17.6 Å². The Morgan fingerprint density at radius 1 is 1.41 bits per heavy atom. The zero-order valence-electron chi connectivity index (χ0n) is 12.3. The van der Waals surface area contributed by atoms with Gasteiger partial charge in [-0.15, -0.1) is 11.3 Å². The molecule has 5 nitrogen and oxygen atoms in total. The molecule has 2 rings (SSSR count). The van der Waals surface area contributed by atoms with Gasteiger partial charge in [0.05, 0.1) is 12.1 Å². The third-order valence-electron chi connectivity index (χ3n) is 3.07. The molecule has 0 aliphatic rings. The first-order chi connectivity index (χ1) is 10.5. The van der Waals surface area contributed by atoms with Crippen molar-refractivity contribution in [1.82, 2.24) is 15.6 Å². The smallest absolute Gasteiger partial charge is 0.315 e. The zero-order valence-corrected chi connectivity index (χ0v) is 13.2. The molecule has 0 spiro atoms. The Bertz CT molecular complexity index is 630. The van der Waals surface area contributed by atoms with E-state index in [0.717, 1.165) is 9.88 Å². The van der Waals surface area contributed by atoms with E-state index < -0.39 is 6.10 Å². The molecule has 118 valence electrons. The van der Waals surface area contributed by atoms with Crippen LogP contribution in [0.25, 0.3) is 0 Å². The fourth-order valence-electron chi connectivity index (χ4n) is 1.87. The number of amides is 2. The number of aliphatic hydroxyl groups is 1. The van der Waals surface area contributed by atoms with E-state index >= 15 is 0 Å². The standard InChI is InChI=1S/C15H18FN3O2S/c1-9-7-17-14(22-9)10(2)19-15(21)18-8-13(20)11-3-5-12(16)6-4-11/h3-7,10,13,20H,8H2,1-2H3,(H2,18,19,21). The van der Waals surface area contributed by atoms with Crippen molar-refractivity contribution in [1.29, 1.82) is 0 Å². The third kappa shape index (κ3) is 4.51. The van der Waals surface area contributed by atoms with Crippen molar-refractivity contribution >= 4 is 17.4 Å². The number of halogens is 1. The predicted octanol–water partition coefficient (Wildman–Crippen LogP) is 2.68. The van der Waals surface area contributed by atoms with Crippen molar-refractivity contribution in [2.75, 3.05) is 6.54 Å². The number of thiazole rings is 1. The summed E-state index contributed by atoms with van der Waals surface area (Å²) >= 11 is 1.52. The number of nitrogens with one attached hydrogen (secondary N) is 2. The number of nitrogens with zero attached hydrogens (tertiary/aromatic N) is 1. The lowest BCUT2D eigenvalue weighted by Crippen LogP contribution is -2.39. The molecule has 0 aliphatic carbocycles. The van der Waals surface area contributed by atoms with Crippen LogP contribution in [0.5, 0.6) is 0 Å². The first-order valence-electron chi connectivity index (χ1n) is 6.86. The average molecular weight is 323 g/mol. The lowest BCUT2D eigenvalue weighted by atomic mass is 10.1. The van der Waals surface area contributed by atoms with Gasteiger partial charge in [-0.1, -0.05) is 12.1 Å². The molecule has 1 aromatic heterocycles. The van der Waals surface area contributed by atoms with E-state index in [1.54, 1.807) is 6.20 Å². The molecule has 22 heavy (non-hydrogen) atoms. The molecule has 2 unspecified atom stereocenters. The number of aromatic nitrogens is 1. The van der Waals surface area contributed by atoms with Gasteiger partial charge in [0.1, 0.15) is 10.8 Å². The number of rotatable bonds is 5. The lowest BCUT2D eigenvalue weighted by Gasteiger charge is -2.15. The summed E-state index contributed by atoms with van der Waals surface area (Å²) in [4.78, 5) is 17.1. The second kappa shape index (κ2) is 7.33. The number of aryl methyl sites for hydroxylation is 1. The first-order valence-corrected chi connectivity index (χ1v) is 7.67. The topological polar surface area (TPSA) is 74.2 Å². The van der Waals surface area contributed by atoms with Crippen LogP contribution in [0.3, 0.4) is 0 Å². The molecule has 7 heteroatoms. The minimum Gasteiger partial charge on any atom is -0.387 e. The van der Waals surface area contributed by atoms with Crippen LogP contribution >= 0.6 is 11.3 Å². The van der Waals surface area contributed by atoms with Crippen molar-refractivity contribution in [2.24, 2.45) is 0 Å². The summed E-state index contributed by atoms with van der Waals surface area (Å²) in [5.74, 6) is -0.366. The Morgan fingerprint density at radius 2 is 2.09 bits per heavy atom. The van der Waals surface area contributed by atoms with Gasteiger partial charge in [-0.05, 0) is 31.5 Å². The van der Waals surface area contributed by atoms with Gasteiger partial charge < -0.3 is 15.7 Å². The lowest BCUT2D eigenvalue weighted by molar-refractivity contribution is 0.172. The summed E-state index contributed by atoms with van der Waals surface area (Å²) in [6, 6.07) is 4.92. The van der Waals surface area contributed by atoms with Crippen molar-refractivity contribution in [3.63, 3.8) is 0 Å². The Hall–Kier alpha value is -1.99. The number of hydrogen-bond donors (Lipinski definition) is 3. The molecule has 2 aromatic rings. The quantitative estimate of drug-likeness (QED) is 0.792. The van der Waals surface area contributed by atoms with E-state index in [1.807, 2.05) is 13.8 Å². The highest BCUT2D eigenvalue weighted by Crippen LogP contribution is 2.18. The van der Waals surface area contributed by atoms with Gasteiger partial charge in [-0.2, -0.15) is 0 Å². The maximum absolute atomic E-state index is 12.8. The van der Waals surface area contributed by atoms with Crippen LogP contribution in [0.1, 0.15) is 34.5 Å². The van der Waals surface area contributed by atoms with Gasteiger partial charge in [0.15, 0.2) is 0 Å². The zero-order chi connectivity index (χ0) is 16.1. The number of carbonyl (C=O) groups is 1. The van der Waals surface area contributed by atoms with E-state index in [2.05, 4.69) is 15.6 Å². The molecule has 0 saturated carbocycles. The normalized spacial score (nSPS) is 13.5. The average Bonchev–Trinajstić information content (AvgIpc) is 2.92. The molecule has 0 radical (unpaired) electrons. The fraction of sp³-hybridized carbons (Fsp3) is 0.333. The molecule has 0 fully saturated rings. The van der Waals surface area contributed by atoms with Crippen LogP contribution in [-0.2, 0) is 0 Å². The van der Waals surface area contributed by atoms with Crippen LogP contribution in [-0.4, -0.2) is 22.7 Å². The van der Waals surface area contributed by atoms with Crippen LogP contribution in [0.4, 0.5) is 9.18 Å². The van der Waals surface area contributed by atoms with Gasteiger partial charge in [0.2, 0.25) is 0 Å². The predicted molar refractivity (Wildman–Crippen MR) is 83.2 cm³/mol. The molecule has 2 atom stereocenters. The molecule has 3 N–H and O–H groups in total. The summed E-state index contributed by atoms with van der Waals surface area (Å²) < 4.78 is 12.8. The van der Waals surface area contributed by atoms with E-state index in [9.17, 15) is 14.3 Å². The Kier molecular flexibility index (Phi) is 5.46. The van der Waals surface area contributed by atoms with E-state index in [-0.39, 0.29) is 24.4 Å². The summed E-state index contributed by atoms with van der Waals surface area (Å²) in [6.07, 6.45) is 0.873. The Balaban J connectivity index is 1.81. The van der Waals surface area contributed by atoms with Gasteiger partial charge in [0.25, 0.3) is 0 Å². The van der Waals surface area contributed by atoms with Crippen LogP contribution in [0, 0.1) is 12.7 Å². The van der Waals surface area contributed by atoms with Crippen molar-refractivity contribution in [3.8, 4) is 0 Å². The van der Waals surface area contributed by atoms with Gasteiger partial charge in [-0.25, -0.2) is 14.2 Å². The number of hydrogen-bond acceptors (Lipinski definition) is 4. The molecule has 0 saturated heterocycles. The number of urea groups is 1. The largest absolute Gasteiger partial charge is 0.387 e. The highest BCUT2D eigenvalue weighted by Gasteiger charge is 2.14. The minimum atomic E-state index is -0.885. The Morgan fingerprint density at radius 3 is 2.68 bits per heavy atom. The number of carbonyl (C=O) groups excluding carboxylic acids is 1. The van der Waals surface area contributed by atoms with E-state index in [4.69, 9.17) is 0 Å². The summed E-state index contributed by atoms with van der Waals surface area (Å²) in [6.45, 7) is 3.84. The van der Waals surface area contributed by atoms with Crippen molar-refractivity contribution in [2.45, 2.75) is 26.0 Å². The maximum Gasteiger partial charge on any atom is 0.315 e. The monoisotopic (exact) mass is 323 g/mol. The summed E-state index contributed by atoms with van der Waals surface area (Å²) in [5.41, 5.74) is 0.547. The molecule has 1 heterocycles. The molecule has 0 aliphatic heterocycles. The molecular formula is C15H18FN3O2S. The SMILES string of the molecule is Cc1cnc(C(C)NC(=O)NCC(O)c2ccc(F)cc2)s1. The van der Waals surface area contributed by atoms with E-state index in [0.29, 0.717) is 5.56 Å². The van der Waals surface area contributed by atoms with Crippen LogP contribution < -0.4 is 10.6 Å². The minimum absolute atomic E-state index is 0.0427. The summed E-state index contributed by atoms with van der Waals surface area (Å²) in [5, 5.41) is 16.1. The molecule has 1 aromatic carbocycles. The van der Waals surface area contributed by atoms with Gasteiger partial charge in [-0.3, -0.25) is 0 Å². The molecular weight excluding hydrogens is 305 g/mol. The third-order valence-corrected chi connectivity index (χ3v) is 4.16. The number of aliphatic hydroxyl groups excluding tert-OH is 1. The van der Waals surface area contributed by atoms with Gasteiger partial charge >= 0.3 is 6.03 Å². The highest BCUT2D eigenvalue weighted by atomic mass is 32.1. The Labute approximate surface area is 132 Å². The summed E-state index contributed by atoms with van der Waals surface area (Å²) in [7, 11) is 0. The molecule has 2 amide bonds. The van der Waals surface area contributed by atoms with Crippen LogP contribution in [0.2, 0.25) is 0 Å². The highest BCUT2D eigenvalue weighted by molar-refractivity contribution is 7.11. The first kappa shape index (κ1) is 16.4.